The summed E-state index contributed by atoms with van der Waals surface area (Å²) >= 11 is 2.21. The molecule has 0 radical (unpaired) electrons. The van der Waals surface area contributed by atoms with E-state index in [-0.39, 0.29) is 0 Å². The predicted molar refractivity (Wildman–Crippen MR) is 57.4 cm³/mol. The standard InChI is InChI=1S/C9H10IN/c1-7(10)9-4-2-8(6-11)3-5-9/h2-5H,1,6,11H2. The van der Waals surface area contributed by atoms with E-state index in [9.17, 15) is 0 Å². The first kappa shape index (κ1) is 8.74. The van der Waals surface area contributed by atoms with Crippen molar-refractivity contribution in [2.75, 3.05) is 0 Å². The van der Waals surface area contributed by atoms with Crippen LogP contribution in [0.15, 0.2) is 30.8 Å². The van der Waals surface area contributed by atoms with Crippen molar-refractivity contribution in [2.24, 2.45) is 5.73 Å². The van der Waals surface area contributed by atoms with E-state index in [1.165, 1.54) is 5.56 Å². The zero-order valence-electron chi connectivity index (χ0n) is 6.18. The summed E-state index contributed by atoms with van der Waals surface area (Å²) in [4.78, 5) is 0. The summed E-state index contributed by atoms with van der Waals surface area (Å²) in [6, 6.07) is 8.13. The molecule has 0 aromatic heterocycles. The highest BCUT2D eigenvalue weighted by Crippen LogP contribution is 2.18. The van der Waals surface area contributed by atoms with Crippen LogP contribution in [0.4, 0.5) is 0 Å². The van der Waals surface area contributed by atoms with E-state index in [0.29, 0.717) is 6.54 Å². The number of nitrogens with two attached hydrogens (primary N) is 1. The van der Waals surface area contributed by atoms with Crippen molar-refractivity contribution in [3.05, 3.63) is 42.0 Å². The third-order valence-electron chi connectivity index (χ3n) is 1.50. The van der Waals surface area contributed by atoms with Gasteiger partial charge in [-0.05, 0) is 33.7 Å². The smallest absolute Gasteiger partial charge is 0.0178 e. The molecule has 58 valence electrons. The molecular formula is C9H10IN. The quantitative estimate of drug-likeness (QED) is 0.811. The molecule has 0 saturated heterocycles. The first-order valence-corrected chi connectivity index (χ1v) is 4.45. The third kappa shape index (κ3) is 2.31. The Morgan fingerprint density at radius 2 is 1.91 bits per heavy atom. The van der Waals surface area contributed by atoms with Gasteiger partial charge >= 0.3 is 0 Å². The van der Waals surface area contributed by atoms with E-state index in [1.54, 1.807) is 0 Å². The molecule has 1 aromatic rings. The molecule has 1 rings (SSSR count). The molecule has 1 aromatic carbocycles. The van der Waals surface area contributed by atoms with E-state index >= 15 is 0 Å². The van der Waals surface area contributed by atoms with Crippen molar-refractivity contribution >= 4 is 26.2 Å². The largest absolute Gasteiger partial charge is 0.326 e. The molecule has 11 heavy (non-hydrogen) atoms. The zero-order chi connectivity index (χ0) is 8.27. The number of halogens is 1. The van der Waals surface area contributed by atoms with Crippen LogP contribution in [0, 0.1) is 0 Å². The van der Waals surface area contributed by atoms with Gasteiger partial charge in [0.1, 0.15) is 0 Å². The number of hydrogen-bond acceptors (Lipinski definition) is 1. The summed E-state index contributed by atoms with van der Waals surface area (Å²) in [6.45, 7) is 4.44. The van der Waals surface area contributed by atoms with Crippen molar-refractivity contribution < 1.29 is 0 Å². The maximum absolute atomic E-state index is 5.45. The van der Waals surface area contributed by atoms with Gasteiger partial charge in [0.25, 0.3) is 0 Å². The average Bonchev–Trinajstić information content (AvgIpc) is 2.05. The Labute approximate surface area is 80.4 Å². The van der Waals surface area contributed by atoms with Crippen molar-refractivity contribution in [2.45, 2.75) is 6.54 Å². The van der Waals surface area contributed by atoms with Gasteiger partial charge in [-0.25, -0.2) is 0 Å². The minimum Gasteiger partial charge on any atom is -0.326 e. The van der Waals surface area contributed by atoms with Gasteiger partial charge in [-0.1, -0.05) is 30.8 Å². The Balaban J connectivity index is 2.91. The van der Waals surface area contributed by atoms with E-state index in [4.69, 9.17) is 5.73 Å². The first-order chi connectivity index (χ1) is 5.24. The molecule has 0 aliphatic carbocycles. The summed E-state index contributed by atoms with van der Waals surface area (Å²) in [7, 11) is 0. The van der Waals surface area contributed by atoms with E-state index < -0.39 is 0 Å². The van der Waals surface area contributed by atoms with Crippen LogP contribution in [0.3, 0.4) is 0 Å². The minimum absolute atomic E-state index is 0.605. The molecular weight excluding hydrogens is 249 g/mol. The van der Waals surface area contributed by atoms with Crippen LogP contribution in [0.5, 0.6) is 0 Å². The van der Waals surface area contributed by atoms with Crippen LogP contribution in [-0.2, 0) is 6.54 Å². The van der Waals surface area contributed by atoms with Crippen molar-refractivity contribution in [3.8, 4) is 0 Å². The number of hydrogen-bond donors (Lipinski definition) is 1. The Hall–Kier alpha value is -0.350. The molecule has 0 spiro atoms. The van der Waals surface area contributed by atoms with Gasteiger partial charge in [-0.15, -0.1) is 0 Å². The average molecular weight is 259 g/mol. The van der Waals surface area contributed by atoms with E-state index in [2.05, 4.69) is 29.2 Å². The normalized spacial score (nSPS) is 9.64. The molecule has 2 heteroatoms. The Morgan fingerprint density at radius 3 is 2.27 bits per heavy atom. The first-order valence-electron chi connectivity index (χ1n) is 3.38. The number of benzene rings is 1. The molecule has 0 unspecified atom stereocenters. The van der Waals surface area contributed by atoms with Gasteiger partial charge < -0.3 is 5.73 Å². The summed E-state index contributed by atoms with van der Waals surface area (Å²) in [6.07, 6.45) is 0. The lowest BCUT2D eigenvalue weighted by molar-refractivity contribution is 1.07. The zero-order valence-corrected chi connectivity index (χ0v) is 8.34. The molecule has 0 bridgehead atoms. The van der Waals surface area contributed by atoms with Gasteiger partial charge in [0.2, 0.25) is 0 Å². The topological polar surface area (TPSA) is 26.0 Å². The van der Waals surface area contributed by atoms with Gasteiger partial charge in [0, 0.05) is 10.1 Å². The Kier molecular flexibility index (Phi) is 3.08. The Bertz CT molecular complexity index is 251. The second kappa shape index (κ2) is 3.88. The highest BCUT2D eigenvalue weighted by molar-refractivity contribution is 14.1. The highest BCUT2D eigenvalue weighted by atomic mass is 127. The lowest BCUT2D eigenvalue weighted by Gasteiger charge is -1.99. The molecule has 1 nitrogen and oxygen atoms in total. The molecule has 0 heterocycles. The molecule has 2 N–H and O–H groups in total. The fourth-order valence-electron chi connectivity index (χ4n) is 0.822. The van der Waals surface area contributed by atoms with Gasteiger partial charge in [0.15, 0.2) is 0 Å². The van der Waals surface area contributed by atoms with Crippen molar-refractivity contribution in [1.82, 2.24) is 0 Å². The molecule has 0 fully saturated rings. The van der Waals surface area contributed by atoms with Crippen LogP contribution in [0.1, 0.15) is 11.1 Å². The minimum atomic E-state index is 0.605. The van der Waals surface area contributed by atoms with Crippen molar-refractivity contribution in [1.29, 1.82) is 0 Å². The molecule has 0 aliphatic rings. The van der Waals surface area contributed by atoms with Gasteiger partial charge in [0.05, 0.1) is 0 Å². The summed E-state index contributed by atoms with van der Waals surface area (Å²) in [5, 5.41) is 0. The highest BCUT2D eigenvalue weighted by Gasteiger charge is 1.93. The second-order valence-corrected chi connectivity index (χ2v) is 3.61. The van der Waals surface area contributed by atoms with Gasteiger partial charge in [-0.3, -0.25) is 0 Å². The second-order valence-electron chi connectivity index (χ2n) is 2.31. The summed E-state index contributed by atoms with van der Waals surface area (Å²) < 4.78 is 1.06. The predicted octanol–water partition coefficient (Wildman–Crippen LogP) is 2.55. The summed E-state index contributed by atoms with van der Waals surface area (Å²) in [5.41, 5.74) is 7.78. The van der Waals surface area contributed by atoms with Crippen LogP contribution >= 0.6 is 22.6 Å². The fraction of sp³-hybridized carbons (Fsp3) is 0.111. The van der Waals surface area contributed by atoms with Crippen LogP contribution in [0.25, 0.3) is 3.58 Å². The SMILES string of the molecule is C=C(I)c1ccc(CN)cc1. The molecule has 0 aliphatic heterocycles. The lowest BCUT2D eigenvalue weighted by atomic mass is 10.1. The fourth-order valence-corrected chi connectivity index (χ4v) is 1.18. The monoisotopic (exact) mass is 259 g/mol. The van der Waals surface area contributed by atoms with Crippen LogP contribution in [0.2, 0.25) is 0 Å². The van der Waals surface area contributed by atoms with Crippen LogP contribution < -0.4 is 5.73 Å². The van der Waals surface area contributed by atoms with Crippen molar-refractivity contribution in [3.63, 3.8) is 0 Å². The van der Waals surface area contributed by atoms with Gasteiger partial charge in [-0.2, -0.15) is 0 Å². The molecule has 0 saturated carbocycles. The maximum Gasteiger partial charge on any atom is 0.0178 e. The van der Waals surface area contributed by atoms with E-state index in [1.807, 2.05) is 24.3 Å². The van der Waals surface area contributed by atoms with E-state index in [0.717, 1.165) is 9.14 Å². The maximum atomic E-state index is 5.45. The lowest BCUT2D eigenvalue weighted by Crippen LogP contribution is -1.95. The number of rotatable bonds is 2. The third-order valence-corrected chi connectivity index (χ3v) is 2.13. The summed E-state index contributed by atoms with van der Waals surface area (Å²) in [5.74, 6) is 0. The molecule has 0 amide bonds. The Morgan fingerprint density at radius 1 is 1.36 bits per heavy atom. The molecule has 0 atom stereocenters. The van der Waals surface area contributed by atoms with Crippen LogP contribution in [-0.4, -0.2) is 0 Å².